The predicted octanol–water partition coefficient (Wildman–Crippen LogP) is 2.39. The minimum atomic E-state index is 0.0754. The van der Waals surface area contributed by atoms with Gasteiger partial charge in [0.05, 0.1) is 24.1 Å². The van der Waals surface area contributed by atoms with Crippen molar-refractivity contribution in [2.45, 2.75) is 39.5 Å². The molecule has 1 aliphatic heterocycles. The molecule has 0 bridgehead atoms. The van der Waals surface area contributed by atoms with Gasteiger partial charge in [-0.1, -0.05) is 6.42 Å². The second kappa shape index (κ2) is 6.13. The lowest BCUT2D eigenvalue weighted by Crippen LogP contribution is -2.36. The number of nitrogens with zero attached hydrogens (tertiary/aromatic N) is 5. The Balaban J connectivity index is 1.53. The van der Waals surface area contributed by atoms with Crippen molar-refractivity contribution >= 4 is 5.91 Å². The molecule has 2 aliphatic rings. The first-order valence-electron chi connectivity index (χ1n) is 8.93. The molecule has 2 fully saturated rings. The number of ether oxygens (including phenoxy) is 1. The fraction of sp³-hybridized carbons (Fsp3) is 0.556. The summed E-state index contributed by atoms with van der Waals surface area (Å²) in [5.74, 6) is 1.14. The summed E-state index contributed by atoms with van der Waals surface area (Å²) in [5, 5.41) is 12.5. The van der Waals surface area contributed by atoms with Gasteiger partial charge in [-0.2, -0.15) is 5.10 Å². The quantitative estimate of drug-likeness (QED) is 0.854. The van der Waals surface area contributed by atoms with E-state index >= 15 is 0 Å². The Kier molecular flexibility index (Phi) is 3.94. The van der Waals surface area contributed by atoms with Crippen molar-refractivity contribution in [3.63, 3.8) is 0 Å². The molecule has 0 aromatic carbocycles. The number of carbonyl (C=O) groups is 1. The van der Waals surface area contributed by atoms with Crippen molar-refractivity contribution in [3.8, 4) is 11.7 Å². The zero-order valence-electron chi connectivity index (χ0n) is 14.7. The first-order chi connectivity index (χ1) is 12.1. The predicted molar refractivity (Wildman–Crippen MR) is 91.9 cm³/mol. The van der Waals surface area contributed by atoms with Crippen molar-refractivity contribution in [1.82, 2.24) is 24.9 Å². The SMILES string of the molecule is CCOc1ccc(-n2ncc(C(=O)N3CCC4(CCC4)C3)c2C)nn1. The fourth-order valence-corrected chi connectivity index (χ4v) is 3.87. The molecule has 7 heteroatoms. The average molecular weight is 341 g/mol. The van der Waals surface area contributed by atoms with Gasteiger partial charge < -0.3 is 9.64 Å². The number of hydrogen-bond donors (Lipinski definition) is 0. The third-order valence-electron chi connectivity index (χ3n) is 5.52. The minimum absolute atomic E-state index is 0.0754. The van der Waals surface area contributed by atoms with E-state index in [1.165, 1.54) is 19.3 Å². The number of likely N-dealkylation sites (tertiary alicyclic amines) is 1. The van der Waals surface area contributed by atoms with Crippen LogP contribution in [0.3, 0.4) is 0 Å². The van der Waals surface area contributed by atoms with E-state index in [1.807, 2.05) is 18.7 Å². The molecule has 4 rings (SSSR count). The summed E-state index contributed by atoms with van der Waals surface area (Å²) in [6.45, 7) is 6.08. The molecule has 0 atom stereocenters. The fourth-order valence-electron chi connectivity index (χ4n) is 3.87. The molecule has 3 heterocycles. The Morgan fingerprint density at radius 3 is 2.72 bits per heavy atom. The van der Waals surface area contributed by atoms with Gasteiger partial charge in [0, 0.05) is 19.2 Å². The van der Waals surface area contributed by atoms with E-state index < -0.39 is 0 Å². The molecule has 0 unspecified atom stereocenters. The largest absolute Gasteiger partial charge is 0.477 e. The van der Waals surface area contributed by atoms with Gasteiger partial charge in [0.15, 0.2) is 5.82 Å². The smallest absolute Gasteiger partial charge is 0.257 e. The topological polar surface area (TPSA) is 73.1 Å². The van der Waals surface area contributed by atoms with Gasteiger partial charge in [-0.3, -0.25) is 4.79 Å². The molecule has 25 heavy (non-hydrogen) atoms. The summed E-state index contributed by atoms with van der Waals surface area (Å²) in [4.78, 5) is 14.9. The molecule has 132 valence electrons. The molecule has 1 amide bonds. The van der Waals surface area contributed by atoms with E-state index in [0.29, 0.717) is 29.3 Å². The van der Waals surface area contributed by atoms with E-state index in [1.54, 1.807) is 23.0 Å². The van der Waals surface area contributed by atoms with Crippen LogP contribution in [0.5, 0.6) is 5.88 Å². The lowest BCUT2D eigenvalue weighted by molar-refractivity contribution is 0.0731. The maximum Gasteiger partial charge on any atom is 0.257 e. The van der Waals surface area contributed by atoms with E-state index in [2.05, 4.69) is 15.3 Å². The van der Waals surface area contributed by atoms with Gasteiger partial charge in [0.2, 0.25) is 5.88 Å². The maximum atomic E-state index is 12.9. The summed E-state index contributed by atoms with van der Waals surface area (Å²) in [7, 11) is 0. The van der Waals surface area contributed by atoms with Crippen molar-refractivity contribution in [3.05, 3.63) is 29.6 Å². The van der Waals surface area contributed by atoms with Crippen LogP contribution in [-0.2, 0) is 0 Å². The highest BCUT2D eigenvalue weighted by Crippen LogP contribution is 2.48. The van der Waals surface area contributed by atoms with Crippen molar-refractivity contribution in [2.24, 2.45) is 5.41 Å². The molecule has 1 spiro atoms. The minimum Gasteiger partial charge on any atom is -0.477 e. The molecule has 2 aromatic heterocycles. The first kappa shape index (κ1) is 16.1. The van der Waals surface area contributed by atoms with E-state index in [4.69, 9.17) is 4.74 Å². The Hall–Kier alpha value is -2.44. The molecule has 1 saturated carbocycles. The van der Waals surface area contributed by atoms with Crippen molar-refractivity contribution in [1.29, 1.82) is 0 Å². The number of carbonyl (C=O) groups excluding carboxylic acids is 1. The van der Waals surface area contributed by atoms with Crippen LogP contribution in [-0.4, -0.2) is 50.5 Å². The highest BCUT2D eigenvalue weighted by atomic mass is 16.5. The van der Waals surface area contributed by atoms with Gasteiger partial charge in [-0.05, 0) is 44.6 Å². The molecule has 1 saturated heterocycles. The highest BCUT2D eigenvalue weighted by molar-refractivity contribution is 5.95. The standard InChI is InChI=1S/C18H23N5O2/c1-3-25-16-6-5-15(20-21-16)23-13(2)14(11-19-23)17(24)22-10-9-18(12-22)7-4-8-18/h5-6,11H,3-4,7-10,12H2,1-2H3. The Morgan fingerprint density at radius 2 is 2.12 bits per heavy atom. The van der Waals surface area contributed by atoms with E-state index in [0.717, 1.165) is 25.2 Å². The van der Waals surface area contributed by atoms with Crippen molar-refractivity contribution in [2.75, 3.05) is 19.7 Å². The van der Waals surface area contributed by atoms with Crippen molar-refractivity contribution < 1.29 is 9.53 Å². The van der Waals surface area contributed by atoms with Crippen LogP contribution in [0.25, 0.3) is 5.82 Å². The van der Waals surface area contributed by atoms with Gasteiger partial charge >= 0.3 is 0 Å². The molecular formula is C18H23N5O2. The second-order valence-corrected chi connectivity index (χ2v) is 7.05. The van der Waals surface area contributed by atoms with Crippen LogP contribution in [0, 0.1) is 12.3 Å². The average Bonchev–Trinajstić information content (AvgIpc) is 3.20. The third kappa shape index (κ3) is 2.77. The van der Waals surface area contributed by atoms with Gasteiger partial charge in [0.1, 0.15) is 0 Å². The van der Waals surface area contributed by atoms with Gasteiger partial charge in [-0.15, -0.1) is 10.2 Å². The first-order valence-corrected chi connectivity index (χ1v) is 8.93. The zero-order chi connectivity index (χ0) is 17.4. The van der Waals surface area contributed by atoms with Crippen LogP contribution in [0.15, 0.2) is 18.3 Å². The highest BCUT2D eigenvalue weighted by Gasteiger charge is 2.44. The van der Waals surface area contributed by atoms with Crippen LogP contribution < -0.4 is 4.74 Å². The number of amides is 1. The van der Waals surface area contributed by atoms with Gasteiger partial charge in [0.25, 0.3) is 5.91 Å². The van der Waals surface area contributed by atoms with Crippen LogP contribution in [0.2, 0.25) is 0 Å². The molecule has 0 radical (unpaired) electrons. The summed E-state index contributed by atoms with van der Waals surface area (Å²) >= 11 is 0. The zero-order valence-corrected chi connectivity index (χ0v) is 14.7. The second-order valence-electron chi connectivity index (χ2n) is 7.05. The lowest BCUT2D eigenvalue weighted by Gasteiger charge is -2.37. The number of aromatic nitrogens is 4. The van der Waals surface area contributed by atoms with E-state index in [9.17, 15) is 4.79 Å². The van der Waals surface area contributed by atoms with E-state index in [-0.39, 0.29) is 5.91 Å². The monoisotopic (exact) mass is 341 g/mol. The Bertz CT molecular complexity index is 779. The summed E-state index contributed by atoms with van der Waals surface area (Å²) < 4.78 is 6.97. The van der Waals surface area contributed by atoms with Gasteiger partial charge in [-0.25, -0.2) is 4.68 Å². The molecular weight excluding hydrogens is 318 g/mol. The number of rotatable bonds is 4. The van der Waals surface area contributed by atoms with Crippen LogP contribution >= 0.6 is 0 Å². The molecule has 1 aliphatic carbocycles. The third-order valence-corrected chi connectivity index (χ3v) is 5.52. The maximum absolute atomic E-state index is 12.9. The normalized spacial score (nSPS) is 18.4. The Labute approximate surface area is 147 Å². The molecule has 7 nitrogen and oxygen atoms in total. The lowest BCUT2D eigenvalue weighted by atomic mass is 9.68. The summed E-state index contributed by atoms with van der Waals surface area (Å²) in [5.41, 5.74) is 1.84. The molecule has 2 aromatic rings. The van der Waals surface area contributed by atoms with Crippen LogP contribution in [0.1, 0.15) is 48.7 Å². The van der Waals surface area contributed by atoms with Crippen LogP contribution in [0.4, 0.5) is 0 Å². The number of hydrogen-bond acceptors (Lipinski definition) is 5. The summed E-state index contributed by atoms with van der Waals surface area (Å²) in [6, 6.07) is 3.56. The Morgan fingerprint density at radius 1 is 1.28 bits per heavy atom. The summed E-state index contributed by atoms with van der Waals surface area (Å²) in [6.07, 6.45) is 6.60. The molecule has 0 N–H and O–H groups in total.